The minimum Gasteiger partial charge on any atom is -0.462 e. The maximum Gasteiger partial charge on any atom is 0.407 e. The maximum absolute atomic E-state index is 14.8. The molecule has 3 aromatic rings. The van der Waals surface area contributed by atoms with E-state index in [0.717, 1.165) is 20.1 Å². The van der Waals surface area contributed by atoms with Crippen LogP contribution in [-0.2, 0) is 25.8 Å². The van der Waals surface area contributed by atoms with Gasteiger partial charge in [0.25, 0.3) is 0 Å². The van der Waals surface area contributed by atoms with Crippen LogP contribution >= 0.6 is 0 Å². The number of amides is 1. The van der Waals surface area contributed by atoms with Crippen molar-refractivity contribution in [2.24, 2.45) is 0 Å². The number of nitrogens with one attached hydrogen (secondary N) is 2. The number of ether oxygens (including phenoxy) is 1. The third-order valence-electron chi connectivity index (χ3n) is 6.94. The number of hydrogen-bond acceptors (Lipinski definition) is 7. The molecule has 13 heteroatoms. The highest BCUT2D eigenvalue weighted by atomic mass is 32.2. The Morgan fingerprint density at radius 1 is 0.913 bits per heavy atom. The number of nitriles is 1. The molecule has 0 radical (unpaired) electrons. The molecule has 3 rings (SSSR count). The van der Waals surface area contributed by atoms with E-state index in [1.54, 1.807) is 19.1 Å². The van der Waals surface area contributed by atoms with Crippen LogP contribution in [0.4, 0.5) is 17.6 Å². The fourth-order valence-electron chi connectivity index (χ4n) is 4.68. The normalized spacial score (nSPS) is 14.1. The fraction of sp³-hybridized carbons (Fsp3) is 0.364. The summed E-state index contributed by atoms with van der Waals surface area (Å²) < 4.78 is 86.3. The molecule has 0 bridgehead atoms. The monoisotopic (exact) mass is 661 g/mol. The summed E-state index contributed by atoms with van der Waals surface area (Å²) in [5.41, 5.74) is -0.334. The van der Waals surface area contributed by atoms with Crippen LogP contribution in [0.3, 0.4) is 0 Å². The lowest BCUT2D eigenvalue weighted by Gasteiger charge is -2.30. The van der Waals surface area contributed by atoms with Gasteiger partial charge in [0.2, 0.25) is 5.91 Å². The Balaban J connectivity index is 1.81. The Morgan fingerprint density at radius 2 is 1.46 bits per heavy atom. The summed E-state index contributed by atoms with van der Waals surface area (Å²) in [5, 5.41) is 14.4. The molecular weight excluding hydrogens is 626 g/mol. The highest BCUT2D eigenvalue weighted by molar-refractivity contribution is 7.90. The lowest BCUT2D eigenvalue weighted by molar-refractivity contribution is -0.161. The molecule has 1 amide bonds. The number of esters is 1. The smallest absolute Gasteiger partial charge is 0.407 e. The molecular formula is C33H35F4N3O5S. The molecule has 8 nitrogen and oxygen atoms in total. The van der Waals surface area contributed by atoms with E-state index in [2.05, 4.69) is 10.6 Å². The van der Waals surface area contributed by atoms with E-state index in [-0.39, 0.29) is 29.1 Å². The summed E-state index contributed by atoms with van der Waals surface area (Å²) in [4.78, 5) is 25.2. The van der Waals surface area contributed by atoms with Crippen molar-refractivity contribution in [1.29, 1.82) is 5.26 Å². The van der Waals surface area contributed by atoms with Crippen molar-refractivity contribution in [3.8, 4) is 17.2 Å². The summed E-state index contributed by atoms with van der Waals surface area (Å²) >= 11 is 0. The first-order valence-corrected chi connectivity index (χ1v) is 16.2. The Morgan fingerprint density at radius 3 is 1.91 bits per heavy atom. The average molecular weight is 662 g/mol. The van der Waals surface area contributed by atoms with Crippen molar-refractivity contribution in [1.82, 2.24) is 10.6 Å². The quantitative estimate of drug-likeness (QED) is 0.173. The molecule has 0 spiro atoms. The van der Waals surface area contributed by atoms with Gasteiger partial charge in [-0.1, -0.05) is 48.5 Å². The first-order chi connectivity index (χ1) is 21.4. The molecule has 0 aliphatic carbocycles. The summed E-state index contributed by atoms with van der Waals surface area (Å²) in [6, 6.07) is 14.0. The number of hydrogen-bond donors (Lipinski definition) is 2. The molecule has 46 heavy (non-hydrogen) atoms. The molecule has 3 atom stereocenters. The summed E-state index contributed by atoms with van der Waals surface area (Å²) in [7, 11) is -3.43. The van der Waals surface area contributed by atoms with Gasteiger partial charge in [-0.3, -0.25) is 10.1 Å². The number of sulfone groups is 1. The number of nitrogens with zero attached hydrogens (tertiary/aromatic N) is 1. The summed E-state index contributed by atoms with van der Waals surface area (Å²) in [6.45, 7) is 4.12. The van der Waals surface area contributed by atoms with Gasteiger partial charge in [-0.05, 0) is 67.3 Å². The van der Waals surface area contributed by atoms with Crippen LogP contribution < -0.4 is 10.6 Å². The van der Waals surface area contributed by atoms with Crippen molar-refractivity contribution in [3.63, 3.8) is 0 Å². The number of alkyl halides is 4. The predicted octanol–water partition coefficient (Wildman–Crippen LogP) is 5.88. The first-order valence-electron chi connectivity index (χ1n) is 14.3. The van der Waals surface area contributed by atoms with Crippen LogP contribution in [0.25, 0.3) is 11.1 Å². The van der Waals surface area contributed by atoms with Gasteiger partial charge in [0.05, 0.1) is 29.2 Å². The molecule has 0 aliphatic rings. The second-order valence-corrected chi connectivity index (χ2v) is 13.4. The van der Waals surface area contributed by atoms with Crippen LogP contribution in [-0.4, -0.2) is 57.1 Å². The molecule has 0 fully saturated rings. The van der Waals surface area contributed by atoms with Crippen molar-refractivity contribution in [2.75, 3.05) is 12.9 Å². The lowest BCUT2D eigenvalue weighted by Crippen LogP contribution is -2.53. The van der Waals surface area contributed by atoms with E-state index < -0.39 is 58.1 Å². The minimum atomic E-state index is -4.88. The molecule has 3 aromatic carbocycles. The van der Waals surface area contributed by atoms with Crippen LogP contribution in [0.1, 0.15) is 54.7 Å². The van der Waals surface area contributed by atoms with Gasteiger partial charge in [-0.25, -0.2) is 17.6 Å². The number of rotatable bonds is 13. The van der Waals surface area contributed by atoms with Gasteiger partial charge >= 0.3 is 12.1 Å². The Kier molecular flexibility index (Phi) is 11.7. The Bertz CT molecular complexity index is 1650. The number of halogens is 4. The second kappa shape index (κ2) is 14.9. The summed E-state index contributed by atoms with van der Waals surface area (Å²) in [6.07, 6.45) is -4.46. The van der Waals surface area contributed by atoms with Gasteiger partial charge in [-0.15, -0.1) is 0 Å². The van der Waals surface area contributed by atoms with Crippen LogP contribution in [0, 0.1) is 11.3 Å². The standard InChI is InChI=1S/C33H35F4N3O5S/c1-5-45-31(42)25-8-6-21(7-9-25)18-26(20-38)39-30(41)28(19-32(2,3)34)40-29(33(35,36)37)24-12-10-22(11-13-24)23-14-16-27(17-15-23)46(4,43)44/h6-17,26,28-29,40H,5,18-19H2,1-4H3,(H,39,41)/t26?,28?,29-/m0/s1. The highest BCUT2D eigenvalue weighted by Crippen LogP contribution is 2.35. The van der Waals surface area contributed by atoms with Crippen molar-refractivity contribution in [2.45, 2.75) is 68.5 Å². The van der Waals surface area contributed by atoms with Crippen LogP contribution in [0.15, 0.2) is 77.7 Å². The van der Waals surface area contributed by atoms with E-state index in [1.165, 1.54) is 60.7 Å². The van der Waals surface area contributed by atoms with E-state index in [4.69, 9.17) is 4.74 Å². The molecule has 0 saturated carbocycles. The molecule has 0 aromatic heterocycles. The fourth-order valence-corrected chi connectivity index (χ4v) is 5.31. The van der Waals surface area contributed by atoms with E-state index in [1.807, 2.05) is 6.07 Å². The topological polar surface area (TPSA) is 125 Å². The maximum atomic E-state index is 14.8. The van der Waals surface area contributed by atoms with Gasteiger partial charge in [0, 0.05) is 19.1 Å². The Hall–Kier alpha value is -4.28. The molecule has 246 valence electrons. The largest absolute Gasteiger partial charge is 0.462 e. The molecule has 0 saturated heterocycles. The molecule has 2 N–H and O–H groups in total. The SMILES string of the molecule is CCOC(=O)c1ccc(CC(C#N)NC(=O)C(CC(C)(C)F)N[C@@H](c2ccc(-c3ccc(S(C)(=O)=O)cc3)cc2)C(F)(F)F)cc1. The molecule has 0 aliphatic heterocycles. The zero-order chi connectivity index (χ0) is 34.3. The number of carbonyl (C=O) groups is 2. The third-order valence-corrected chi connectivity index (χ3v) is 8.07. The van der Waals surface area contributed by atoms with Gasteiger partial charge in [0.1, 0.15) is 17.8 Å². The lowest BCUT2D eigenvalue weighted by atomic mass is 9.96. The van der Waals surface area contributed by atoms with E-state index in [0.29, 0.717) is 16.7 Å². The van der Waals surface area contributed by atoms with Gasteiger partial charge < -0.3 is 10.1 Å². The molecule has 0 heterocycles. The zero-order valence-corrected chi connectivity index (χ0v) is 26.5. The average Bonchev–Trinajstić information content (AvgIpc) is 2.98. The zero-order valence-electron chi connectivity index (χ0n) is 25.7. The van der Waals surface area contributed by atoms with Crippen molar-refractivity contribution < 1.29 is 40.3 Å². The number of benzene rings is 3. The highest BCUT2D eigenvalue weighted by Gasteiger charge is 2.44. The number of carbonyl (C=O) groups excluding carboxylic acids is 2. The predicted molar refractivity (Wildman–Crippen MR) is 164 cm³/mol. The van der Waals surface area contributed by atoms with Crippen LogP contribution in [0.5, 0.6) is 0 Å². The van der Waals surface area contributed by atoms with Gasteiger partial charge in [0.15, 0.2) is 9.84 Å². The van der Waals surface area contributed by atoms with E-state index >= 15 is 0 Å². The van der Waals surface area contributed by atoms with Crippen molar-refractivity contribution >= 4 is 21.7 Å². The Labute approximate surface area is 265 Å². The van der Waals surface area contributed by atoms with E-state index in [9.17, 15) is 40.8 Å². The third kappa shape index (κ3) is 10.4. The minimum absolute atomic E-state index is 0.0214. The molecule has 2 unspecified atom stereocenters. The van der Waals surface area contributed by atoms with Crippen molar-refractivity contribution in [3.05, 3.63) is 89.5 Å². The first kappa shape index (κ1) is 36.2. The summed E-state index contributed by atoms with van der Waals surface area (Å²) in [5.74, 6) is -1.52. The van der Waals surface area contributed by atoms with Crippen LogP contribution in [0.2, 0.25) is 0 Å². The van der Waals surface area contributed by atoms with Gasteiger partial charge in [-0.2, -0.15) is 18.4 Å². The second-order valence-electron chi connectivity index (χ2n) is 11.3.